The molecule has 0 unspecified atom stereocenters. The molecule has 0 aliphatic rings. The Kier molecular flexibility index (Phi) is 4.15. The largest absolute Gasteiger partial charge is 0.496 e. The Morgan fingerprint density at radius 1 is 1.25 bits per heavy atom. The van der Waals surface area contributed by atoms with E-state index in [0.717, 1.165) is 5.56 Å². The van der Waals surface area contributed by atoms with Crippen LogP contribution in [0.4, 0.5) is 11.4 Å². The maximum absolute atomic E-state index is 12.3. The normalized spacial score (nSPS) is 10.2. The third kappa shape index (κ3) is 3.03. The summed E-state index contributed by atoms with van der Waals surface area (Å²) in [7, 11) is 1.51. The lowest BCUT2D eigenvalue weighted by molar-refractivity contribution is 0.102. The van der Waals surface area contributed by atoms with Crippen molar-refractivity contribution in [2.24, 2.45) is 0 Å². The van der Waals surface area contributed by atoms with Crippen molar-refractivity contribution in [2.75, 3.05) is 18.2 Å². The number of anilines is 2. The maximum Gasteiger partial charge on any atom is 0.259 e. The summed E-state index contributed by atoms with van der Waals surface area (Å²) in [4.78, 5) is 12.3. The molecule has 2 aromatic carbocycles. The van der Waals surface area contributed by atoms with E-state index in [2.05, 4.69) is 5.32 Å². The van der Waals surface area contributed by atoms with Crippen LogP contribution < -0.4 is 15.8 Å². The number of nitrogens with one attached hydrogen (secondary N) is 1. The molecule has 3 N–H and O–H groups in total. The second-order valence-electron chi connectivity index (χ2n) is 4.37. The number of rotatable bonds is 3. The molecule has 4 nitrogen and oxygen atoms in total. The number of carbonyl (C=O) groups is 1. The van der Waals surface area contributed by atoms with Gasteiger partial charge in [0.05, 0.1) is 12.7 Å². The second-order valence-corrected chi connectivity index (χ2v) is 4.81. The summed E-state index contributed by atoms with van der Waals surface area (Å²) in [6, 6.07) is 10.2. The molecule has 0 aliphatic heterocycles. The van der Waals surface area contributed by atoms with E-state index in [4.69, 9.17) is 22.1 Å². The Bertz CT molecular complexity index is 656. The first-order chi connectivity index (χ1) is 9.51. The first-order valence-electron chi connectivity index (χ1n) is 6.02. The Morgan fingerprint density at radius 3 is 2.70 bits per heavy atom. The summed E-state index contributed by atoms with van der Waals surface area (Å²) in [6.45, 7) is 1.89. The molecular formula is C15H15ClN2O2. The summed E-state index contributed by atoms with van der Waals surface area (Å²) in [5.74, 6) is 0.177. The van der Waals surface area contributed by atoms with E-state index in [1.54, 1.807) is 30.3 Å². The highest BCUT2D eigenvalue weighted by Crippen LogP contribution is 2.25. The predicted molar refractivity (Wildman–Crippen MR) is 81.5 cm³/mol. The fraction of sp³-hybridized carbons (Fsp3) is 0.133. The number of nitrogens with two attached hydrogens (primary N) is 1. The van der Waals surface area contributed by atoms with Crippen LogP contribution in [0.25, 0.3) is 0 Å². The molecule has 104 valence electrons. The molecule has 0 heterocycles. The quantitative estimate of drug-likeness (QED) is 0.851. The lowest BCUT2D eigenvalue weighted by Crippen LogP contribution is -2.14. The fourth-order valence-corrected chi connectivity index (χ4v) is 1.99. The van der Waals surface area contributed by atoms with Crippen LogP contribution in [0.5, 0.6) is 5.75 Å². The van der Waals surface area contributed by atoms with Gasteiger partial charge in [-0.1, -0.05) is 17.7 Å². The summed E-state index contributed by atoms with van der Waals surface area (Å²) in [5, 5.41) is 3.37. The van der Waals surface area contributed by atoms with Gasteiger partial charge in [-0.25, -0.2) is 0 Å². The zero-order valence-corrected chi connectivity index (χ0v) is 12.0. The fourth-order valence-electron chi connectivity index (χ4n) is 1.82. The molecule has 0 bridgehead atoms. The Morgan fingerprint density at radius 2 is 2.00 bits per heavy atom. The third-order valence-corrected chi connectivity index (χ3v) is 3.15. The zero-order chi connectivity index (χ0) is 14.7. The first kappa shape index (κ1) is 14.2. The lowest BCUT2D eigenvalue weighted by atomic mass is 10.1. The van der Waals surface area contributed by atoms with E-state index in [0.29, 0.717) is 27.7 Å². The van der Waals surface area contributed by atoms with Crippen LogP contribution >= 0.6 is 11.6 Å². The molecule has 0 aliphatic carbocycles. The summed E-state index contributed by atoms with van der Waals surface area (Å²) in [5.41, 5.74) is 8.17. The molecule has 0 atom stereocenters. The summed E-state index contributed by atoms with van der Waals surface area (Å²) >= 11 is 5.93. The smallest absolute Gasteiger partial charge is 0.259 e. The van der Waals surface area contributed by atoms with Gasteiger partial charge in [-0.15, -0.1) is 0 Å². The lowest BCUT2D eigenvalue weighted by Gasteiger charge is -2.12. The number of amides is 1. The second kappa shape index (κ2) is 5.84. The van der Waals surface area contributed by atoms with Crippen molar-refractivity contribution in [3.8, 4) is 5.75 Å². The molecule has 5 heteroatoms. The molecular weight excluding hydrogens is 276 g/mol. The van der Waals surface area contributed by atoms with Crippen molar-refractivity contribution >= 4 is 28.9 Å². The van der Waals surface area contributed by atoms with Gasteiger partial charge in [0, 0.05) is 16.4 Å². The number of carbonyl (C=O) groups excluding carboxylic acids is 1. The minimum atomic E-state index is -0.292. The van der Waals surface area contributed by atoms with Gasteiger partial charge in [0.15, 0.2) is 0 Å². The molecule has 2 aromatic rings. The van der Waals surface area contributed by atoms with Crippen LogP contribution in [0.2, 0.25) is 5.02 Å². The number of nitrogen functional groups attached to an aromatic ring is 1. The van der Waals surface area contributed by atoms with Gasteiger partial charge in [0.1, 0.15) is 5.75 Å². The van der Waals surface area contributed by atoms with E-state index in [1.165, 1.54) is 7.11 Å². The maximum atomic E-state index is 12.3. The van der Waals surface area contributed by atoms with Crippen LogP contribution in [0, 0.1) is 6.92 Å². The molecule has 0 saturated carbocycles. The molecule has 2 rings (SSSR count). The molecule has 20 heavy (non-hydrogen) atoms. The highest BCUT2D eigenvalue weighted by molar-refractivity contribution is 6.31. The minimum absolute atomic E-state index is 0.292. The highest BCUT2D eigenvalue weighted by atomic mass is 35.5. The van der Waals surface area contributed by atoms with Gasteiger partial charge < -0.3 is 15.8 Å². The van der Waals surface area contributed by atoms with Gasteiger partial charge in [0.2, 0.25) is 0 Å². The van der Waals surface area contributed by atoms with Crippen LogP contribution in [0.1, 0.15) is 15.9 Å². The van der Waals surface area contributed by atoms with E-state index in [9.17, 15) is 4.79 Å². The topological polar surface area (TPSA) is 64.3 Å². The number of benzene rings is 2. The number of hydrogen-bond acceptors (Lipinski definition) is 3. The van der Waals surface area contributed by atoms with Gasteiger partial charge in [0.25, 0.3) is 5.91 Å². The Balaban J connectivity index is 2.32. The molecule has 1 amide bonds. The highest BCUT2D eigenvalue weighted by Gasteiger charge is 2.14. The minimum Gasteiger partial charge on any atom is -0.496 e. The van der Waals surface area contributed by atoms with E-state index in [1.807, 2.05) is 13.0 Å². The molecule has 0 radical (unpaired) electrons. The van der Waals surface area contributed by atoms with Crippen molar-refractivity contribution in [3.05, 3.63) is 52.5 Å². The van der Waals surface area contributed by atoms with Crippen LogP contribution in [0.15, 0.2) is 36.4 Å². The molecule has 0 spiro atoms. The molecule has 0 saturated heterocycles. The Labute approximate surface area is 122 Å². The van der Waals surface area contributed by atoms with E-state index in [-0.39, 0.29) is 5.91 Å². The number of halogens is 1. The number of hydrogen-bond donors (Lipinski definition) is 2. The summed E-state index contributed by atoms with van der Waals surface area (Å²) < 4.78 is 5.17. The van der Waals surface area contributed by atoms with Crippen LogP contribution in [0.3, 0.4) is 0 Å². The van der Waals surface area contributed by atoms with Gasteiger partial charge in [-0.3, -0.25) is 4.79 Å². The monoisotopic (exact) mass is 290 g/mol. The standard InChI is InChI=1S/C15H15ClN2O2/c1-9-3-4-10(16)7-13(9)18-15(19)12-8-11(17)5-6-14(12)20-2/h3-8H,17H2,1-2H3,(H,18,19). The van der Waals surface area contributed by atoms with E-state index >= 15 is 0 Å². The zero-order valence-electron chi connectivity index (χ0n) is 11.2. The SMILES string of the molecule is COc1ccc(N)cc1C(=O)Nc1cc(Cl)ccc1C. The average molecular weight is 291 g/mol. The van der Waals surface area contributed by atoms with Crippen molar-refractivity contribution in [1.82, 2.24) is 0 Å². The van der Waals surface area contributed by atoms with Gasteiger partial charge >= 0.3 is 0 Å². The van der Waals surface area contributed by atoms with Gasteiger partial charge in [-0.05, 0) is 42.8 Å². The first-order valence-corrected chi connectivity index (χ1v) is 6.40. The molecule has 0 fully saturated rings. The van der Waals surface area contributed by atoms with Crippen molar-refractivity contribution in [1.29, 1.82) is 0 Å². The van der Waals surface area contributed by atoms with Crippen molar-refractivity contribution in [2.45, 2.75) is 6.92 Å². The van der Waals surface area contributed by atoms with Gasteiger partial charge in [-0.2, -0.15) is 0 Å². The van der Waals surface area contributed by atoms with E-state index < -0.39 is 0 Å². The van der Waals surface area contributed by atoms with Crippen LogP contribution in [-0.2, 0) is 0 Å². The van der Waals surface area contributed by atoms with Crippen molar-refractivity contribution in [3.63, 3.8) is 0 Å². The Hall–Kier alpha value is -2.20. The third-order valence-electron chi connectivity index (χ3n) is 2.92. The number of aryl methyl sites for hydroxylation is 1. The van der Waals surface area contributed by atoms with Crippen LogP contribution in [-0.4, -0.2) is 13.0 Å². The average Bonchev–Trinajstić information content (AvgIpc) is 2.42. The number of ether oxygens (including phenoxy) is 1. The molecule has 0 aromatic heterocycles. The predicted octanol–water partition coefficient (Wildman–Crippen LogP) is 3.49. The summed E-state index contributed by atoms with van der Waals surface area (Å²) in [6.07, 6.45) is 0. The van der Waals surface area contributed by atoms with Crippen molar-refractivity contribution < 1.29 is 9.53 Å². The number of methoxy groups -OCH3 is 1.